The van der Waals surface area contributed by atoms with Gasteiger partial charge < -0.3 is 0 Å². The third kappa shape index (κ3) is 4.51. The van der Waals surface area contributed by atoms with Crippen LogP contribution in [0, 0.1) is 0 Å². The SMILES string of the molecule is COC/C=[C](/S(=O)c1ccccc1)[Sn]([c]1ccccc1)([c]1ccccc1)[c]1ccccc1. The van der Waals surface area contributed by atoms with Gasteiger partial charge in [-0.3, -0.25) is 0 Å². The van der Waals surface area contributed by atoms with E-state index in [2.05, 4.69) is 78.9 Å². The van der Waals surface area contributed by atoms with Gasteiger partial charge in [-0.1, -0.05) is 0 Å². The fourth-order valence-corrected chi connectivity index (χ4v) is 23.4. The van der Waals surface area contributed by atoms with E-state index in [0.29, 0.717) is 6.61 Å². The first-order chi connectivity index (χ1) is 15.8. The predicted octanol–water partition coefficient (Wildman–Crippen LogP) is 4.03. The first-order valence-corrected chi connectivity index (χ1v) is 17.5. The molecular formula is C28H26O2SSn. The van der Waals surface area contributed by atoms with Crippen molar-refractivity contribution in [3.63, 3.8) is 0 Å². The quantitative estimate of drug-likeness (QED) is 0.313. The van der Waals surface area contributed by atoms with E-state index in [1.54, 1.807) is 7.11 Å². The Kier molecular flexibility index (Phi) is 7.74. The molecule has 0 bridgehead atoms. The van der Waals surface area contributed by atoms with Crippen LogP contribution in [0.25, 0.3) is 0 Å². The van der Waals surface area contributed by atoms with Crippen LogP contribution >= 0.6 is 0 Å². The molecule has 0 heterocycles. The summed E-state index contributed by atoms with van der Waals surface area (Å²) in [6.45, 7) is 0.416. The first kappa shape index (κ1) is 22.7. The van der Waals surface area contributed by atoms with Crippen LogP contribution in [0.3, 0.4) is 0 Å². The molecule has 0 fully saturated rings. The van der Waals surface area contributed by atoms with E-state index >= 15 is 0 Å². The molecule has 0 saturated heterocycles. The van der Waals surface area contributed by atoms with Crippen LogP contribution in [0.2, 0.25) is 0 Å². The molecule has 2 nitrogen and oxygen atoms in total. The topological polar surface area (TPSA) is 26.3 Å². The van der Waals surface area contributed by atoms with E-state index < -0.39 is 29.2 Å². The number of benzene rings is 4. The minimum absolute atomic E-state index is 0.416. The summed E-state index contributed by atoms with van der Waals surface area (Å²) in [5.74, 6) is 0. The molecule has 4 heteroatoms. The number of ether oxygens (including phenoxy) is 1. The van der Waals surface area contributed by atoms with Crippen molar-refractivity contribution < 1.29 is 8.95 Å². The van der Waals surface area contributed by atoms with Gasteiger partial charge in [-0.05, 0) is 0 Å². The Morgan fingerprint density at radius 2 is 1.06 bits per heavy atom. The van der Waals surface area contributed by atoms with Gasteiger partial charge in [0, 0.05) is 0 Å². The molecular weight excluding hydrogens is 519 g/mol. The van der Waals surface area contributed by atoms with Gasteiger partial charge in [-0.2, -0.15) is 0 Å². The van der Waals surface area contributed by atoms with Crippen molar-refractivity contribution in [2.24, 2.45) is 0 Å². The third-order valence-corrected chi connectivity index (χ3v) is 23.5. The summed E-state index contributed by atoms with van der Waals surface area (Å²) in [5, 5.41) is 0. The van der Waals surface area contributed by atoms with Gasteiger partial charge >= 0.3 is 198 Å². The van der Waals surface area contributed by atoms with E-state index in [1.165, 1.54) is 10.7 Å². The molecule has 0 aliphatic heterocycles. The molecule has 32 heavy (non-hydrogen) atoms. The Labute approximate surface area is 196 Å². The van der Waals surface area contributed by atoms with Crippen LogP contribution in [0.1, 0.15) is 0 Å². The average molecular weight is 545 g/mol. The van der Waals surface area contributed by atoms with Gasteiger partial charge in [-0.15, -0.1) is 0 Å². The standard InChI is InChI=1S/C10H11O2S.3C6H5.Sn/c1-12-8-5-9-13(11)10-6-3-2-4-7-10;3*1-2-4-6-5-3-1;/h2-7H,8H2,1H3;3*1-5H;. The van der Waals surface area contributed by atoms with Crippen LogP contribution < -0.4 is 10.7 Å². The molecule has 0 aromatic heterocycles. The Balaban J connectivity index is 2.10. The van der Waals surface area contributed by atoms with Crippen molar-refractivity contribution in [1.82, 2.24) is 0 Å². The zero-order valence-electron chi connectivity index (χ0n) is 18.1. The molecule has 4 rings (SSSR count). The third-order valence-electron chi connectivity index (χ3n) is 5.58. The molecule has 4 aromatic rings. The monoisotopic (exact) mass is 546 g/mol. The molecule has 0 amide bonds. The van der Waals surface area contributed by atoms with Crippen molar-refractivity contribution >= 4 is 39.9 Å². The maximum absolute atomic E-state index is 14.3. The van der Waals surface area contributed by atoms with Gasteiger partial charge in [0.15, 0.2) is 0 Å². The van der Waals surface area contributed by atoms with Crippen LogP contribution in [-0.2, 0) is 15.5 Å². The Bertz CT molecular complexity index is 1080. The zero-order valence-corrected chi connectivity index (χ0v) is 21.7. The average Bonchev–Trinajstić information content (AvgIpc) is 2.88. The molecule has 4 aromatic carbocycles. The molecule has 0 saturated carbocycles. The molecule has 0 aliphatic rings. The summed E-state index contributed by atoms with van der Waals surface area (Å²) in [5.41, 5.74) is 0. The summed E-state index contributed by atoms with van der Waals surface area (Å²) in [4.78, 5) is 0.818. The number of methoxy groups -OCH3 is 1. The Hall–Kier alpha value is -2.47. The summed E-state index contributed by atoms with van der Waals surface area (Å²) < 4.78 is 24.5. The molecule has 0 radical (unpaired) electrons. The summed E-state index contributed by atoms with van der Waals surface area (Å²) in [7, 11) is 0.366. The van der Waals surface area contributed by atoms with Crippen molar-refractivity contribution in [3.05, 3.63) is 130 Å². The van der Waals surface area contributed by atoms with E-state index in [1.807, 2.05) is 48.5 Å². The minimum atomic E-state index is -3.93. The van der Waals surface area contributed by atoms with Crippen LogP contribution in [0.5, 0.6) is 0 Å². The van der Waals surface area contributed by atoms with E-state index in [0.717, 1.165) is 7.82 Å². The van der Waals surface area contributed by atoms with Crippen LogP contribution in [0.4, 0.5) is 0 Å². The summed E-state index contributed by atoms with van der Waals surface area (Å²) >= 11 is -3.93. The van der Waals surface area contributed by atoms with Gasteiger partial charge in [0.1, 0.15) is 0 Å². The fraction of sp³-hybridized carbons (Fsp3) is 0.0714. The Morgan fingerprint density at radius 3 is 1.44 bits per heavy atom. The molecule has 0 spiro atoms. The van der Waals surface area contributed by atoms with Gasteiger partial charge in [0.2, 0.25) is 0 Å². The van der Waals surface area contributed by atoms with Crippen molar-refractivity contribution in [2.75, 3.05) is 13.7 Å². The maximum atomic E-state index is 14.3. The van der Waals surface area contributed by atoms with Crippen molar-refractivity contribution in [3.8, 4) is 0 Å². The van der Waals surface area contributed by atoms with E-state index in [4.69, 9.17) is 4.74 Å². The van der Waals surface area contributed by atoms with Gasteiger partial charge in [0.25, 0.3) is 0 Å². The van der Waals surface area contributed by atoms with Crippen LogP contribution in [0.15, 0.2) is 135 Å². The Morgan fingerprint density at radius 1 is 0.688 bits per heavy atom. The number of rotatable bonds is 8. The molecule has 0 aliphatic carbocycles. The van der Waals surface area contributed by atoms with Gasteiger partial charge in [0.05, 0.1) is 0 Å². The van der Waals surface area contributed by atoms with Crippen molar-refractivity contribution in [2.45, 2.75) is 4.90 Å². The van der Waals surface area contributed by atoms with E-state index in [9.17, 15) is 4.21 Å². The van der Waals surface area contributed by atoms with Gasteiger partial charge in [-0.25, -0.2) is 0 Å². The fourth-order valence-electron chi connectivity index (χ4n) is 4.19. The molecule has 1 atom stereocenters. The summed E-state index contributed by atoms with van der Waals surface area (Å²) in [6, 6.07) is 41.7. The van der Waals surface area contributed by atoms with Crippen LogP contribution in [-0.4, -0.2) is 36.3 Å². The van der Waals surface area contributed by atoms with E-state index in [-0.39, 0.29) is 0 Å². The second kappa shape index (κ2) is 10.9. The zero-order chi connectivity index (χ0) is 22.2. The molecule has 0 N–H and O–H groups in total. The second-order valence-corrected chi connectivity index (χ2v) is 20.7. The summed E-state index contributed by atoms with van der Waals surface area (Å²) in [6.07, 6.45) is 2.08. The second-order valence-electron chi connectivity index (χ2n) is 7.45. The number of hydrogen-bond acceptors (Lipinski definition) is 2. The normalized spacial score (nSPS) is 13.0. The number of hydrogen-bond donors (Lipinski definition) is 0. The molecule has 1 unspecified atom stereocenters. The first-order valence-electron chi connectivity index (χ1n) is 10.6. The van der Waals surface area contributed by atoms with Crippen molar-refractivity contribution in [1.29, 1.82) is 0 Å². The predicted molar refractivity (Wildman–Crippen MR) is 137 cm³/mol. The molecule has 160 valence electrons.